The molecule has 0 fully saturated rings. The van der Waals surface area contributed by atoms with Crippen LogP contribution in [0.25, 0.3) is 0 Å². The summed E-state index contributed by atoms with van der Waals surface area (Å²) in [5.74, 6) is -1.99. The van der Waals surface area contributed by atoms with Crippen LogP contribution < -0.4 is 15.4 Å². The fourth-order valence-corrected chi connectivity index (χ4v) is 3.81. The predicted octanol–water partition coefficient (Wildman–Crippen LogP) is 4.64. The second-order valence-electron chi connectivity index (χ2n) is 6.82. The van der Waals surface area contributed by atoms with Crippen molar-refractivity contribution in [1.82, 2.24) is 5.32 Å². The van der Waals surface area contributed by atoms with E-state index in [2.05, 4.69) is 15.4 Å². The summed E-state index contributed by atoms with van der Waals surface area (Å²) in [6, 6.07) is 11.0. The van der Waals surface area contributed by atoms with Gasteiger partial charge in [-0.3, -0.25) is 9.59 Å². The standard InChI is InChI=1S/C23H21ClN2O6S/c1-3-31-23(30)22(29)26-14-9-13(2)20(18(24)10-14)32-15-6-7-19(27)17(11-15)21(28)25-12-16-5-4-8-33-16/h4-11,27H,3,12H2,1-2H3,(H,25,28)(H,26,29). The highest BCUT2D eigenvalue weighted by molar-refractivity contribution is 7.09. The van der Waals surface area contributed by atoms with E-state index in [9.17, 15) is 19.5 Å². The number of ether oxygens (including phenoxy) is 2. The van der Waals surface area contributed by atoms with Crippen LogP contribution in [0.3, 0.4) is 0 Å². The van der Waals surface area contributed by atoms with Crippen molar-refractivity contribution in [3.8, 4) is 17.2 Å². The van der Waals surface area contributed by atoms with E-state index < -0.39 is 17.8 Å². The zero-order valence-corrected chi connectivity index (χ0v) is 19.4. The average molecular weight is 489 g/mol. The van der Waals surface area contributed by atoms with Crippen molar-refractivity contribution in [1.29, 1.82) is 0 Å². The molecule has 0 aliphatic heterocycles. The summed E-state index contributed by atoms with van der Waals surface area (Å²) in [6.07, 6.45) is 0. The molecule has 0 aliphatic rings. The van der Waals surface area contributed by atoms with Crippen LogP contribution in [-0.2, 0) is 20.9 Å². The topological polar surface area (TPSA) is 114 Å². The number of rotatable bonds is 7. The molecule has 0 radical (unpaired) electrons. The maximum absolute atomic E-state index is 12.5. The lowest BCUT2D eigenvalue weighted by Gasteiger charge is -2.14. The fourth-order valence-electron chi connectivity index (χ4n) is 2.87. The number of phenolic OH excluding ortho intramolecular Hbond substituents is 1. The highest BCUT2D eigenvalue weighted by atomic mass is 35.5. The van der Waals surface area contributed by atoms with Crippen LogP contribution in [0.4, 0.5) is 5.69 Å². The first-order chi connectivity index (χ1) is 15.8. The van der Waals surface area contributed by atoms with Crippen LogP contribution in [-0.4, -0.2) is 29.5 Å². The monoisotopic (exact) mass is 488 g/mol. The molecule has 3 aromatic rings. The molecule has 0 aliphatic carbocycles. The van der Waals surface area contributed by atoms with Gasteiger partial charge in [-0.15, -0.1) is 11.3 Å². The largest absolute Gasteiger partial charge is 0.507 e. The van der Waals surface area contributed by atoms with Crippen LogP contribution in [0.2, 0.25) is 5.02 Å². The van der Waals surface area contributed by atoms with Crippen molar-refractivity contribution in [3.63, 3.8) is 0 Å². The van der Waals surface area contributed by atoms with Crippen LogP contribution in [0.15, 0.2) is 47.8 Å². The Morgan fingerprint density at radius 2 is 1.94 bits per heavy atom. The smallest absolute Gasteiger partial charge is 0.397 e. The Morgan fingerprint density at radius 1 is 1.15 bits per heavy atom. The van der Waals surface area contributed by atoms with Crippen molar-refractivity contribution in [3.05, 3.63) is 68.9 Å². The summed E-state index contributed by atoms with van der Waals surface area (Å²) in [4.78, 5) is 36.9. The van der Waals surface area contributed by atoms with Crippen LogP contribution in [0.5, 0.6) is 17.2 Å². The number of benzene rings is 2. The van der Waals surface area contributed by atoms with E-state index in [4.69, 9.17) is 16.3 Å². The van der Waals surface area contributed by atoms with Gasteiger partial charge in [-0.05, 0) is 61.2 Å². The third-order valence-electron chi connectivity index (χ3n) is 4.38. The molecule has 2 amide bonds. The normalized spacial score (nSPS) is 10.4. The van der Waals surface area contributed by atoms with Gasteiger partial charge in [0.2, 0.25) is 0 Å². The van der Waals surface area contributed by atoms with Gasteiger partial charge in [-0.1, -0.05) is 17.7 Å². The number of thiophene rings is 1. The number of hydrogen-bond donors (Lipinski definition) is 3. The predicted molar refractivity (Wildman–Crippen MR) is 125 cm³/mol. The highest BCUT2D eigenvalue weighted by Gasteiger charge is 2.18. The molecule has 1 heterocycles. The van der Waals surface area contributed by atoms with E-state index >= 15 is 0 Å². The molecular weight excluding hydrogens is 468 g/mol. The van der Waals surface area contributed by atoms with Crippen molar-refractivity contribution in [2.75, 3.05) is 11.9 Å². The lowest BCUT2D eigenvalue weighted by atomic mass is 10.1. The van der Waals surface area contributed by atoms with Gasteiger partial charge >= 0.3 is 11.9 Å². The molecule has 10 heteroatoms. The molecule has 0 saturated carbocycles. The number of aromatic hydroxyl groups is 1. The molecule has 0 unspecified atom stereocenters. The Bertz CT molecular complexity index is 1160. The zero-order valence-electron chi connectivity index (χ0n) is 17.8. The number of anilines is 1. The minimum atomic E-state index is -0.999. The molecule has 1 aromatic heterocycles. The molecule has 33 heavy (non-hydrogen) atoms. The fraction of sp³-hybridized carbons (Fsp3) is 0.174. The Labute approximate surface area is 199 Å². The maximum Gasteiger partial charge on any atom is 0.397 e. The van der Waals surface area contributed by atoms with Gasteiger partial charge in [0.05, 0.1) is 23.7 Å². The second-order valence-corrected chi connectivity index (χ2v) is 8.26. The van der Waals surface area contributed by atoms with E-state index in [0.29, 0.717) is 23.5 Å². The molecule has 3 N–H and O–H groups in total. The average Bonchev–Trinajstić information content (AvgIpc) is 3.29. The molecule has 8 nitrogen and oxygen atoms in total. The first-order valence-electron chi connectivity index (χ1n) is 9.88. The second kappa shape index (κ2) is 10.8. The molecular formula is C23H21ClN2O6S. The Kier molecular flexibility index (Phi) is 7.92. The van der Waals surface area contributed by atoms with E-state index in [1.165, 1.54) is 35.6 Å². The van der Waals surface area contributed by atoms with Gasteiger partial charge in [0.15, 0.2) is 0 Å². The van der Waals surface area contributed by atoms with Crippen molar-refractivity contribution in [2.45, 2.75) is 20.4 Å². The molecule has 172 valence electrons. The number of carbonyl (C=O) groups excluding carboxylic acids is 3. The quantitative estimate of drug-likeness (QED) is 0.330. The number of hydrogen-bond acceptors (Lipinski definition) is 7. The third kappa shape index (κ3) is 6.24. The summed E-state index contributed by atoms with van der Waals surface area (Å²) in [7, 11) is 0. The molecule has 0 atom stereocenters. The van der Waals surface area contributed by atoms with Crippen molar-refractivity contribution >= 4 is 46.4 Å². The summed E-state index contributed by atoms with van der Waals surface area (Å²) < 4.78 is 10.5. The molecule has 0 spiro atoms. The van der Waals surface area contributed by atoms with Gasteiger partial charge in [-0.2, -0.15) is 0 Å². The van der Waals surface area contributed by atoms with Crippen molar-refractivity contribution in [2.24, 2.45) is 0 Å². The minimum Gasteiger partial charge on any atom is -0.507 e. The van der Waals surface area contributed by atoms with Crippen LogP contribution in [0.1, 0.15) is 27.7 Å². The molecule has 0 bridgehead atoms. The van der Waals surface area contributed by atoms with Crippen LogP contribution in [0, 0.1) is 6.92 Å². The van der Waals surface area contributed by atoms with Gasteiger partial charge in [0.1, 0.15) is 17.2 Å². The highest BCUT2D eigenvalue weighted by Crippen LogP contribution is 2.36. The SMILES string of the molecule is CCOC(=O)C(=O)Nc1cc(C)c(Oc2ccc(O)c(C(=O)NCc3cccs3)c2)c(Cl)c1. The lowest BCUT2D eigenvalue weighted by molar-refractivity contribution is -0.152. The Balaban J connectivity index is 1.74. The van der Waals surface area contributed by atoms with Gasteiger partial charge in [0, 0.05) is 10.6 Å². The summed E-state index contributed by atoms with van der Waals surface area (Å²) in [5.41, 5.74) is 0.914. The summed E-state index contributed by atoms with van der Waals surface area (Å²) >= 11 is 7.84. The van der Waals surface area contributed by atoms with E-state index in [0.717, 1.165) is 4.88 Å². The zero-order chi connectivity index (χ0) is 24.0. The van der Waals surface area contributed by atoms with Gasteiger partial charge in [0.25, 0.3) is 5.91 Å². The van der Waals surface area contributed by atoms with Gasteiger partial charge in [-0.25, -0.2) is 4.79 Å². The minimum absolute atomic E-state index is 0.0520. The molecule has 0 saturated heterocycles. The van der Waals surface area contributed by atoms with Crippen molar-refractivity contribution < 1.29 is 29.0 Å². The Hall–Kier alpha value is -3.56. The summed E-state index contributed by atoms with van der Waals surface area (Å²) in [5, 5.41) is 17.4. The number of amides is 2. The number of nitrogens with one attached hydrogen (secondary N) is 2. The third-order valence-corrected chi connectivity index (χ3v) is 5.54. The number of esters is 1. The first-order valence-corrected chi connectivity index (χ1v) is 11.1. The van der Waals surface area contributed by atoms with E-state index in [-0.39, 0.29) is 28.7 Å². The van der Waals surface area contributed by atoms with E-state index in [1.807, 2.05) is 17.5 Å². The Morgan fingerprint density at radius 3 is 2.61 bits per heavy atom. The molecule has 2 aromatic carbocycles. The maximum atomic E-state index is 12.5. The lowest BCUT2D eigenvalue weighted by Crippen LogP contribution is -2.25. The first kappa shape index (κ1) is 24.1. The van der Waals surface area contributed by atoms with Crippen LogP contribution >= 0.6 is 22.9 Å². The number of aryl methyl sites for hydroxylation is 1. The van der Waals surface area contributed by atoms with E-state index in [1.54, 1.807) is 19.9 Å². The summed E-state index contributed by atoms with van der Waals surface area (Å²) in [6.45, 7) is 3.72. The van der Waals surface area contributed by atoms with Gasteiger partial charge < -0.3 is 25.2 Å². The number of halogens is 1. The number of carbonyl (C=O) groups is 3. The molecule has 3 rings (SSSR count). The number of phenols is 1.